The Morgan fingerprint density at radius 1 is 1.04 bits per heavy atom. The summed E-state index contributed by atoms with van der Waals surface area (Å²) in [6.45, 7) is 4.03. The largest absolute Gasteiger partial charge is 0.352 e. The first-order chi connectivity index (χ1) is 12.2. The molecule has 0 atom stereocenters. The molecule has 0 bridgehead atoms. The van der Waals surface area contributed by atoms with Crippen LogP contribution in [-0.2, 0) is 11.3 Å². The third-order valence-corrected chi connectivity index (χ3v) is 4.63. The summed E-state index contributed by atoms with van der Waals surface area (Å²) >= 11 is 0. The van der Waals surface area contributed by atoms with Crippen LogP contribution in [0.25, 0.3) is 11.1 Å². The number of hydrogen-bond donors (Lipinski definition) is 1. The zero-order chi connectivity index (χ0) is 17.6. The maximum atomic E-state index is 12.6. The molecule has 0 aromatic heterocycles. The van der Waals surface area contributed by atoms with Crippen molar-refractivity contribution in [3.05, 3.63) is 59.7 Å². The Balaban J connectivity index is 1.85. The van der Waals surface area contributed by atoms with Crippen molar-refractivity contribution >= 4 is 11.8 Å². The minimum Gasteiger partial charge on any atom is -0.352 e. The van der Waals surface area contributed by atoms with Gasteiger partial charge in [-0.15, -0.1) is 0 Å². The van der Waals surface area contributed by atoms with Crippen LogP contribution >= 0.6 is 0 Å². The molecule has 2 amide bonds. The van der Waals surface area contributed by atoms with E-state index in [-0.39, 0.29) is 11.8 Å². The van der Waals surface area contributed by atoms with Crippen molar-refractivity contribution < 1.29 is 9.59 Å². The number of hydrogen-bond acceptors (Lipinski definition) is 2. The molecule has 4 nitrogen and oxygen atoms in total. The number of nitrogens with one attached hydrogen (secondary N) is 1. The molecule has 0 aliphatic carbocycles. The van der Waals surface area contributed by atoms with Crippen LogP contribution in [0.5, 0.6) is 0 Å². The Kier molecular flexibility index (Phi) is 5.49. The van der Waals surface area contributed by atoms with Crippen molar-refractivity contribution in [2.24, 2.45) is 0 Å². The second-order valence-electron chi connectivity index (χ2n) is 6.37. The van der Waals surface area contributed by atoms with Gasteiger partial charge in [0, 0.05) is 31.6 Å². The van der Waals surface area contributed by atoms with E-state index >= 15 is 0 Å². The highest BCUT2D eigenvalue weighted by molar-refractivity contribution is 5.95. The number of carbonyl (C=O) groups is 2. The molecule has 1 heterocycles. The van der Waals surface area contributed by atoms with Gasteiger partial charge < -0.3 is 10.2 Å². The van der Waals surface area contributed by atoms with Gasteiger partial charge in [0.1, 0.15) is 0 Å². The second kappa shape index (κ2) is 7.97. The van der Waals surface area contributed by atoms with Gasteiger partial charge in [-0.1, -0.05) is 43.3 Å². The fourth-order valence-electron chi connectivity index (χ4n) is 3.20. The molecule has 0 unspecified atom stereocenters. The maximum absolute atomic E-state index is 12.6. The van der Waals surface area contributed by atoms with Gasteiger partial charge in [-0.25, -0.2) is 0 Å². The SMILES string of the molecule is CCC(=O)NCc1ccccc1-c1cccc(C(=O)N2CCCC2)c1. The van der Waals surface area contributed by atoms with E-state index in [0.29, 0.717) is 13.0 Å². The van der Waals surface area contributed by atoms with Crippen molar-refractivity contribution in [3.8, 4) is 11.1 Å². The molecule has 0 spiro atoms. The summed E-state index contributed by atoms with van der Waals surface area (Å²) in [7, 11) is 0. The van der Waals surface area contributed by atoms with Crippen molar-refractivity contribution in [1.82, 2.24) is 10.2 Å². The summed E-state index contributed by atoms with van der Waals surface area (Å²) in [4.78, 5) is 26.1. The number of benzene rings is 2. The number of nitrogens with zero attached hydrogens (tertiary/aromatic N) is 1. The lowest BCUT2D eigenvalue weighted by Crippen LogP contribution is -2.27. The predicted molar refractivity (Wildman–Crippen MR) is 99.2 cm³/mol. The molecule has 1 N–H and O–H groups in total. The minimum atomic E-state index is 0.0350. The van der Waals surface area contributed by atoms with Gasteiger partial charge in [0.2, 0.25) is 5.91 Å². The van der Waals surface area contributed by atoms with Crippen molar-refractivity contribution in [1.29, 1.82) is 0 Å². The summed E-state index contributed by atoms with van der Waals surface area (Å²) in [5.74, 6) is 0.142. The molecule has 1 fully saturated rings. The molecule has 1 aliphatic rings. The van der Waals surface area contributed by atoms with Gasteiger partial charge in [0.05, 0.1) is 0 Å². The van der Waals surface area contributed by atoms with Crippen LogP contribution in [0.2, 0.25) is 0 Å². The zero-order valence-electron chi connectivity index (χ0n) is 14.6. The van der Waals surface area contributed by atoms with Gasteiger partial charge in [-0.05, 0) is 41.7 Å². The normalized spacial score (nSPS) is 13.7. The van der Waals surface area contributed by atoms with Crippen LogP contribution in [-0.4, -0.2) is 29.8 Å². The molecule has 3 rings (SSSR count). The van der Waals surface area contributed by atoms with E-state index in [1.54, 1.807) is 0 Å². The molecule has 0 saturated carbocycles. The number of likely N-dealkylation sites (tertiary alicyclic amines) is 1. The Morgan fingerprint density at radius 3 is 2.56 bits per heavy atom. The van der Waals surface area contributed by atoms with Gasteiger partial charge in [-0.2, -0.15) is 0 Å². The lowest BCUT2D eigenvalue weighted by molar-refractivity contribution is -0.120. The third kappa shape index (κ3) is 4.08. The van der Waals surface area contributed by atoms with Gasteiger partial charge >= 0.3 is 0 Å². The van der Waals surface area contributed by atoms with Crippen molar-refractivity contribution in [2.75, 3.05) is 13.1 Å². The van der Waals surface area contributed by atoms with Crippen LogP contribution in [0.15, 0.2) is 48.5 Å². The number of carbonyl (C=O) groups excluding carboxylic acids is 2. The maximum Gasteiger partial charge on any atom is 0.253 e. The topological polar surface area (TPSA) is 49.4 Å². The first kappa shape index (κ1) is 17.2. The molecule has 0 radical (unpaired) electrons. The highest BCUT2D eigenvalue weighted by atomic mass is 16.2. The van der Waals surface area contributed by atoms with Crippen LogP contribution in [0.1, 0.15) is 42.1 Å². The predicted octanol–water partition coefficient (Wildman–Crippen LogP) is 3.62. The summed E-state index contributed by atoms with van der Waals surface area (Å²) in [6.07, 6.45) is 2.65. The smallest absolute Gasteiger partial charge is 0.253 e. The summed E-state index contributed by atoms with van der Waals surface area (Å²) in [5, 5.41) is 2.93. The number of rotatable bonds is 5. The Hall–Kier alpha value is -2.62. The molecule has 130 valence electrons. The molecular weight excluding hydrogens is 312 g/mol. The summed E-state index contributed by atoms with van der Waals surface area (Å²) in [6, 6.07) is 15.8. The van der Waals surface area contributed by atoms with Crippen molar-refractivity contribution in [2.45, 2.75) is 32.7 Å². The molecule has 2 aromatic rings. The monoisotopic (exact) mass is 336 g/mol. The number of amides is 2. The highest BCUT2D eigenvalue weighted by Gasteiger charge is 2.19. The molecular formula is C21H24N2O2. The van der Waals surface area contributed by atoms with E-state index in [4.69, 9.17) is 0 Å². The quantitative estimate of drug-likeness (QED) is 0.907. The van der Waals surface area contributed by atoms with E-state index in [1.165, 1.54) is 0 Å². The lowest BCUT2D eigenvalue weighted by atomic mass is 9.97. The molecule has 2 aromatic carbocycles. The first-order valence-corrected chi connectivity index (χ1v) is 8.93. The van der Waals surface area contributed by atoms with E-state index in [2.05, 4.69) is 5.32 Å². The summed E-state index contributed by atoms with van der Waals surface area (Å²) in [5.41, 5.74) is 3.84. The third-order valence-electron chi connectivity index (χ3n) is 4.63. The molecule has 1 saturated heterocycles. The van der Waals surface area contributed by atoms with Gasteiger partial charge in [0.15, 0.2) is 0 Å². The van der Waals surface area contributed by atoms with Gasteiger partial charge in [-0.3, -0.25) is 9.59 Å². The first-order valence-electron chi connectivity index (χ1n) is 8.93. The Morgan fingerprint density at radius 2 is 1.80 bits per heavy atom. The molecule has 4 heteroatoms. The molecule has 25 heavy (non-hydrogen) atoms. The van der Waals surface area contributed by atoms with Gasteiger partial charge in [0.25, 0.3) is 5.91 Å². The summed E-state index contributed by atoms with van der Waals surface area (Å²) < 4.78 is 0. The van der Waals surface area contributed by atoms with E-state index in [1.807, 2.05) is 60.4 Å². The van der Waals surface area contributed by atoms with Crippen LogP contribution in [0.3, 0.4) is 0 Å². The zero-order valence-corrected chi connectivity index (χ0v) is 14.6. The lowest BCUT2D eigenvalue weighted by Gasteiger charge is -2.16. The second-order valence-corrected chi connectivity index (χ2v) is 6.37. The van der Waals surface area contributed by atoms with E-state index in [0.717, 1.165) is 48.2 Å². The molecule has 1 aliphatic heterocycles. The van der Waals surface area contributed by atoms with Crippen LogP contribution in [0.4, 0.5) is 0 Å². The standard InChI is InChI=1S/C21H24N2O2/c1-2-20(24)22-15-18-8-3-4-11-19(18)16-9-7-10-17(14-16)21(25)23-12-5-6-13-23/h3-4,7-11,14H,2,5-6,12-13,15H2,1H3,(H,22,24). The average Bonchev–Trinajstić information content (AvgIpc) is 3.20. The highest BCUT2D eigenvalue weighted by Crippen LogP contribution is 2.25. The minimum absolute atomic E-state index is 0.0350. The fraction of sp³-hybridized carbons (Fsp3) is 0.333. The van der Waals surface area contributed by atoms with Crippen LogP contribution in [0, 0.1) is 0 Å². The average molecular weight is 336 g/mol. The Labute approximate surface area is 148 Å². The van der Waals surface area contributed by atoms with Crippen LogP contribution < -0.4 is 5.32 Å². The van der Waals surface area contributed by atoms with E-state index < -0.39 is 0 Å². The fourth-order valence-corrected chi connectivity index (χ4v) is 3.20. The Bertz CT molecular complexity index is 764. The van der Waals surface area contributed by atoms with E-state index in [9.17, 15) is 9.59 Å². The van der Waals surface area contributed by atoms with Crippen molar-refractivity contribution in [3.63, 3.8) is 0 Å².